The Hall–Kier alpha value is -0.0500. The lowest BCUT2D eigenvalue weighted by Crippen LogP contribution is -2.03. The Morgan fingerprint density at radius 1 is 1.56 bits per heavy atom. The van der Waals surface area contributed by atoms with Crippen LogP contribution in [0, 0.1) is 10.7 Å². The van der Waals surface area contributed by atoms with Crippen LogP contribution in [0.4, 0.5) is 0 Å². The molecular weight excluding hydrogens is 134 g/mol. The SMILES string of the molecule is CC(C)CC[S@](C)(=N)=O. The third-order valence-electron chi connectivity index (χ3n) is 1.08. The van der Waals surface area contributed by atoms with Crippen molar-refractivity contribution in [3.05, 3.63) is 0 Å². The molecule has 2 nitrogen and oxygen atoms in total. The number of nitrogens with one attached hydrogen (secondary N) is 1. The molecular formula is C6H15NOS. The molecule has 0 saturated heterocycles. The molecule has 0 aromatic carbocycles. The fourth-order valence-electron chi connectivity index (χ4n) is 0.461. The van der Waals surface area contributed by atoms with E-state index in [9.17, 15) is 4.21 Å². The first kappa shape index (κ1) is 8.95. The van der Waals surface area contributed by atoms with Crippen LogP contribution in [0.25, 0.3) is 0 Å². The normalized spacial score (nSPS) is 17.8. The average molecular weight is 149 g/mol. The van der Waals surface area contributed by atoms with Gasteiger partial charge in [-0.25, -0.2) is 0 Å². The summed E-state index contributed by atoms with van der Waals surface area (Å²) in [5.41, 5.74) is 0. The van der Waals surface area contributed by atoms with Crippen molar-refractivity contribution in [2.75, 3.05) is 12.0 Å². The fraction of sp³-hybridized carbons (Fsp3) is 1.00. The zero-order valence-corrected chi connectivity index (χ0v) is 7.12. The van der Waals surface area contributed by atoms with Crippen molar-refractivity contribution in [1.29, 1.82) is 4.78 Å². The quantitative estimate of drug-likeness (QED) is 0.652. The highest BCUT2D eigenvalue weighted by Gasteiger charge is 1.99. The van der Waals surface area contributed by atoms with Gasteiger partial charge in [-0.05, 0) is 12.3 Å². The lowest BCUT2D eigenvalue weighted by Gasteiger charge is -2.02. The molecule has 0 rings (SSSR count). The zero-order chi connectivity index (χ0) is 7.49. The van der Waals surface area contributed by atoms with Crippen molar-refractivity contribution in [2.45, 2.75) is 20.3 Å². The first-order valence-electron chi connectivity index (χ1n) is 3.13. The van der Waals surface area contributed by atoms with Gasteiger partial charge in [0.15, 0.2) is 0 Å². The van der Waals surface area contributed by atoms with Crippen molar-refractivity contribution in [2.24, 2.45) is 5.92 Å². The first-order valence-corrected chi connectivity index (χ1v) is 5.27. The second-order valence-corrected chi connectivity index (χ2v) is 5.31. The van der Waals surface area contributed by atoms with Gasteiger partial charge in [0.2, 0.25) is 0 Å². The molecule has 0 saturated carbocycles. The third-order valence-corrected chi connectivity index (χ3v) is 2.10. The van der Waals surface area contributed by atoms with Gasteiger partial charge in [0.1, 0.15) is 0 Å². The molecule has 0 aliphatic carbocycles. The summed E-state index contributed by atoms with van der Waals surface area (Å²) in [7, 11) is -2.22. The van der Waals surface area contributed by atoms with E-state index in [1.54, 1.807) is 0 Å². The van der Waals surface area contributed by atoms with Crippen molar-refractivity contribution >= 4 is 9.73 Å². The van der Waals surface area contributed by atoms with Crippen LogP contribution in [0.1, 0.15) is 20.3 Å². The lowest BCUT2D eigenvalue weighted by molar-refractivity contribution is 0.617. The molecule has 0 heterocycles. The molecule has 0 aromatic rings. The van der Waals surface area contributed by atoms with Crippen LogP contribution in [0.3, 0.4) is 0 Å². The van der Waals surface area contributed by atoms with Gasteiger partial charge in [-0.15, -0.1) is 0 Å². The maximum absolute atomic E-state index is 10.8. The molecule has 0 radical (unpaired) electrons. The molecule has 1 atom stereocenters. The van der Waals surface area contributed by atoms with Crippen LogP contribution in [0.2, 0.25) is 0 Å². The van der Waals surface area contributed by atoms with E-state index in [1.165, 1.54) is 6.26 Å². The van der Waals surface area contributed by atoms with E-state index >= 15 is 0 Å². The Balaban J connectivity index is 3.53. The standard InChI is InChI=1S/C6H15NOS/c1-6(2)4-5-9(3,7)8/h6-7H,4-5H2,1-3H3/t9-/m1/s1. The Bertz CT molecular complexity index is 158. The maximum atomic E-state index is 10.8. The minimum atomic E-state index is -2.22. The highest BCUT2D eigenvalue weighted by molar-refractivity contribution is 7.91. The molecule has 0 aliphatic rings. The summed E-state index contributed by atoms with van der Waals surface area (Å²) >= 11 is 0. The molecule has 0 unspecified atom stereocenters. The summed E-state index contributed by atoms with van der Waals surface area (Å²) in [6.07, 6.45) is 2.40. The van der Waals surface area contributed by atoms with Crippen LogP contribution >= 0.6 is 0 Å². The van der Waals surface area contributed by atoms with Gasteiger partial charge in [-0.2, -0.15) is 0 Å². The molecule has 0 amide bonds. The second-order valence-electron chi connectivity index (χ2n) is 2.89. The lowest BCUT2D eigenvalue weighted by atomic mass is 10.2. The molecule has 0 aliphatic heterocycles. The molecule has 1 N–H and O–H groups in total. The Morgan fingerprint density at radius 2 is 2.00 bits per heavy atom. The van der Waals surface area contributed by atoms with Gasteiger partial charge < -0.3 is 0 Å². The molecule has 56 valence electrons. The van der Waals surface area contributed by atoms with Crippen LogP contribution in [0.15, 0.2) is 0 Å². The van der Waals surface area contributed by atoms with Crippen LogP contribution in [-0.4, -0.2) is 16.2 Å². The number of hydrogen-bond donors (Lipinski definition) is 1. The summed E-state index contributed by atoms with van der Waals surface area (Å²) in [5.74, 6) is 1.11. The van der Waals surface area contributed by atoms with E-state index in [2.05, 4.69) is 13.8 Å². The Kier molecular flexibility index (Phi) is 3.18. The van der Waals surface area contributed by atoms with Gasteiger partial charge in [0.05, 0.1) is 0 Å². The monoisotopic (exact) mass is 149 g/mol. The molecule has 0 spiro atoms. The topological polar surface area (TPSA) is 40.9 Å². The minimum absolute atomic E-state index is 0.546. The second kappa shape index (κ2) is 3.20. The fourth-order valence-corrected chi connectivity index (χ4v) is 1.38. The number of hydrogen-bond acceptors (Lipinski definition) is 2. The predicted octanol–water partition coefficient (Wildman–Crippen LogP) is 1.71. The van der Waals surface area contributed by atoms with Crippen LogP contribution in [0.5, 0.6) is 0 Å². The van der Waals surface area contributed by atoms with E-state index in [1.807, 2.05) is 0 Å². The summed E-state index contributed by atoms with van der Waals surface area (Å²) in [6, 6.07) is 0. The van der Waals surface area contributed by atoms with E-state index in [0.29, 0.717) is 11.7 Å². The molecule has 9 heavy (non-hydrogen) atoms. The van der Waals surface area contributed by atoms with Crippen molar-refractivity contribution < 1.29 is 4.21 Å². The maximum Gasteiger partial charge on any atom is 0.0412 e. The van der Waals surface area contributed by atoms with Crippen molar-refractivity contribution in [3.63, 3.8) is 0 Å². The predicted molar refractivity (Wildman–Crippen MR) is 41.1 cm³/mol. The summed E-state index contributed by atoms with van der Waals surface area (Å²) in [5, 5.41) is 0. The van der Waals surface area contributed by atoms with Crippen molar-refractivity contribution in [3.8, 4) is 0 Å². The largest absolute Gasteiger partial charge is 0.253 e. The van der Waals surface area contributed by atoms with Crippen LogP contribution < -0.4 is 0 Å². The zero-order valence-electron chi connectivity index (χ0n) is 6.31. The molecule has 3 heteroatoms. The van der Waals surface area contributed by atoms with Gasteiger partial charge in [-0.3, -0.25) is 8.99 Å². The van der Waals surface area contributed by atoms with Gasteiger partial charge in [0, 0.05) is 21.7 Å². The Morgan fingerprint density at radius 3 is 2.11 bits per heavy atom. The summed E-state index contributed by atoms with van der Waals surface area (Å²) in [4.78, 5) is 0. The highest BCUT2D eigenvalue weighted by Crippen LogP contribution is 2.01. The first-order chi connectivity index (χ1) is 3.92. The van der Waals surface area contributed by atoms with Gasteiger partial charge in [-0.1, -0.05) is 13.8 Å². The summed E-state index contributed by atoms with van der Waals surface area (Å²) < 4.78 is 17.8. The minimum Gasteiger partial charge on any atom is -0.253 e. The van der Waals surface area contributed by atoms with Gasteiger partial charge in [0.25, 0.3) is 0 Å². The third kappa shape index (κ3) is 7.95. The average Bonchev–Trinajstić information content (AvgIpc) is 1.59. The smallest absolute Gasteiger partial charge is 0.0412 e. The molecule has 0 aromatic heterocycles. The number of rotatable bonds is 3. The molecule has 0 bridgehead atoms. The van der Waals surface area contributed by atoms with Crippen molar-refractivity contribution in [1.82, 2.24) is 0 Å². The van der Waals surface area contributed by atoms with Gasteiger partial charge >= 0.3 is 0 Å². The molecule has 0 fully saturated rings. The summed E-state index contributed by atoms with van der Waals surface area (Å²) in [6.45, 7) is 4.15. The van der Waals surface area contributed by atoms with Crippen LogP contribution in [-0.2, 0) is 9.73 Å². The van der Waals surface area contributed by atoms with E-state index < -0.39 is 9.73 Å². The van der Waals surface area contributed by atoms with E-state index in [0.717, 1.165) is 6.42 Å². The van der Waals surface area contributed by atoms with E-state index in [-0.39, 0.29) is 0 Å². The van der Waals surface area contributed by atoms with E-state index in [4.69, 9.17) is 4.78 Å². The highest BCUT2D eigenvalue weighted by atomic mass is 32.2. The Labute approximate surface area is 57.6 Å².